The first kappa shape index (κ1) is 11.7. The van der Waals surface area contributed by atoms with E-state index in [1.54, 1.807) is 6.26 Å². The maximum absolute atomic E-state index is 12.0. The molecular formula is C11H12N4OS. The summed E-state index contributed by atoms with van der Waals surface area (Å²) >= 11 is 1.28. The van der Waals surface area contributed by atoms with Gasteiger partial charge in [0.1, 0.15) is 0 Å². The van der Waals surface area contributed by atoms with Gasteiger partial charge in [-0.2, -0.15) is 4.68 Å². The van der Waals surface area contributed by atoms with E-state index < -0.39 is 0 Å². The van der Waals surface area contributed by atoms with Crippen LogP contribution in [-0.4, -0.2) is 21.1 Å². The maximum atomic E-state index is 12.0. The Bertz CT molecular complexity index is 591. The smallest absolute Gasteiger partial charge is 0.299 e. The predicted molar refractivity (Wildman–Crippen MR) is 68.4 cm³/mol. The molecule has 1 heterocycles. The van der Waals surface area contributed by atoms with E-state index in [-0.39, 0.29) is 11.3 Å². The fourth-order valence-electron chi connectivity index (χ4n) is 1.42. The summed E-state index contributed by atoms with van der Waals surface area (Å²) in [6, 6.07) is 7.50. The van der Waals surface area contributed by atoms with Gasteiger partial charge in [0.15, 0.2) is 5.69 Å². The van der Waals surface area contributed by atoms with Crippen LogP contribution in [0.25, 0.3) is 11.3 Å². The van der Waals surface area contributed by atoms with Crippen molar-refractivity contribution >= 4 is 11.8 Å². The Hall–Kier alpha value is -1.82. The molecule has 88 valence electrons. The number of rotatable bonds is 2. The minimum atomic E-state index is -0.340. The molecule has 6 heteroatoms. The van der Waals surface area contributed by atoms with Gasteiger partial charge in [0, 0.05) is 5.56 Å². The number of nitrogens with two attached hydrogens (primary N) is 1. The van der Waals surface area contributed by atoms with E-state index in [1.165, 1.54) is 11.8 Å². The zero-order chi connectivity index (χ0) is 12.4. The third-order valence-electron chi connectivity index (χ3n) is 2.37. The van der Waals surface area contributed by atoms with Crippen molar-refractivity contribution < 1.29 is 0 Å². The fourth-order valence-corrected chi connectivity index (χ4v) is 1.82. The standard InChI is InChI=1S/C11H12N4OS/c1-7-3-5-8(6-4-7)9-10(16)15(12)11(17-2)14-13-9/h3-6H,12H2,1-2H3. The van der Waals surface area contributed by atoms with E-state index in [1.807, 2.05) is 31.2 Å². The summed E-state index contributed by atoms with van der Waals surface area (Å²) in [7, 11) is 0. The molecule has 0 aliphatic heterocycles. The molecule has 2 N–H and O–H groups in total. The van der Waals surface area contributed by atoms with E-state index in [4.69, 9.17) is 5.84 Å². The zero-order valence-corrected chi connectivity index (χ0v) is 10.4. The molecule has 2 rings (SSSR count). The lowest BCUT2D eigenvalue weighted by Gasteiger charge is -2.05. The highest BCUT2D eigenvalue weighted by Crippen LogP contribution is 2.14. The van der Waals surface area contributed by atoms with E-state index in [0.29, 0.717) is 5.16 Å². The highest BCUT2D eigenvalue weighted by molar-refractivity contribution is 7.98. The fraction of sp³-hybridized carbons (Fsp3) is 0.182. The molecule has 0 amide bonds. The number of aromatic nitrogens is 3. The van der Waals surface area contributed by atoms with Crippen molar-refractivity contribution in [2.24, 2.45) is 0 Å². The van der Waals surface area contributed by atoms with Gasteiger partial charge in [0.2, 0.25) is 5.16 Å². The number of nitrogens with zero attached hydrogens (tertiary/aromatic N) is 3. The van der Waals surface area contributed by atoms with Crippen molar-refractivity contribution in [2.45, 2.75) is 12.1 Å². The Balaban J connectivity index is 2.57. The van der Waals surface area contributed by atoms with Crippen LogP contribution in [0.5, 0.6) is 0 Å². The van der Waals surface area contributed by atoms with Crippen LogP contribution in [0.2, 0.25) is 0 Å². The van der Waals surface area contributed by atoms with Gasteiger partial charge in [-0.15, -0.1) is 10.2 Å². The molecule has 0 aliphatic carbocycles. The zero-order valence-electron chi connectivity index (χ0n) is 9.54. The van der Waals surface area contributed by atoms with Crippen LogP contribution in [0.15, 0.2) is 34.2 Å². The van der Waals surface area contributed by atoms with Gasteiger partial charge in [0.05, 0.1) is 0 Å². The second-order valence-corrected chi connectivity index (χ2v) is 4.35. The van der Waals surface area contributed by atoms with Crippen LogP contribution in [0.4, 0.5) is 0 Å². The number of nitrogen functional groups attached to an aromatic ring is 1. The lowest BCUT2D eigenvalue weighted by atomic mass is 10.1. The highest BCUT2D eigenvalue weighted by atomic mass is 32.2. The van der Waals surface area contributed by atoms with Crippen molar-refractivity contribution in [1.29, 1.82) is 0 Å². The molecule has 1 aromatic heterocycles. The van der Waals surface area contributed by atoms with E-state index in [2.05, 4.69) is 10.2 Å². The molecule has 5 nitrogen and oxygen atoms in total. The second-order valence-electron chi connectivity index (χ2n) is 3.58. The summed E-state index contributed by atoms with van der Waals surface area (Å²) in [5.74, 6) is 5.64. The van der Waals surface area contributed by atoms with E-state index in [9.17, 15) is 4.79 Å². The topological polar surface area (TPSA) is 73.8 Å². The second kappa shape index (κ2) is 4.58. The molecule has 17 heavy (non-hydrogen) atoms. The van der Waals surface area contributed by atoms with Gasteiger partial charge >= 0.3 is 0 Å². The van der Waals surface area contributed by atoms with Gasteiger partial charge in [-0.05, 0) is 13.2 Å². The average molecular weight is 248 g/mol. The minimum Gasteiger partial charge on any atom is -0.334 e. The number of benzene rings is 1. The Morgan fingerprint density at radius 2 is 1.88 bits per heavy atom. The van der Waals surface area contributed by atoms with Crippen LogP contribution in [0.1, 0.15) is 5.56 Å². The summed E-state index contributed by atoms with van der Waals surface area (Å²) < 4.78 is 1.02. The number of hydrogen-bond acceptors (Lipinski definition) is 5. The minimum absolute atomic E-state index is 0.269. The molecule has 0 fully saturated rings. The van der Waals surface area contributed by atoms with Crippen LogP contribution < -0.4 is 11.4 Å². The lowest BCUT2D eigenvalue weighted by molar-refractivity contribution is 0.705. The lowest BCUT2D eigenvalue weighted by Crippen LogP contribution is -2.31. The SMILES string of the molecule is CSc1nnc(-c2ccc(C)cc2)c(=O)n1N. The molecule has 0 atom stereocenters. The van der Waals surface area contributed by atoms with Crippen LogP contribution in [0.3, 0.4) is 0 Å². The number of aryl methyl sites for hydroxylation is 1. The third-order valence-corrected chi connectivity index (χ3v) is 3.01. The average Bonchev–Trinajstić information content (AvgIpc) is 2.34. The maximum Gasteiger partial charge on any atom is 0.299 e. The van der Waals surface area contributed by atoms with Gasteiger partial charge in [-0.3, -0.25) is 4.79 Å². The quantitative estimate of drug-likeness (QED) is 0.635. The van der Waals surface area contributed by atoms with Gasteiger partial charge in [-0.1, -0.05) is 41.6 Å². The van der Waals surface area contributed by atoms with Crippen molar-refractivity contribution in [3.05, 3.63) is 40.2 Å². The molecular weight excluding hydrogens is 236 g/mol. The van der Waals surface area contributed by atoms with Crippen molar-refractivity contribution in [1.82, 2.24) is 14.9 Å². The molecule has 0 aliphatic rings. The van der Waals surface area contributed by atoms with Crippen LogP contribution in [-0.2, 0) is 0 Å². The third kappa shape index (κ3) is 2.16. The first-order valence-electron chi connectivity index (χ1n) is 4.99. The molecule has 0 saturated heterocycles. The molecule has 0 radical (unpaired) electrons. The Morgan fingerprint density at radius 1 is 1.24 bits per heavy atom. The normalized spacial score (nSPS) is 10.5. The first-order chi connectivity index (χ1) is 8.13. The van der Waals surface area contributed by atoms with Crippen molar-refractivity contribution in [3.8, 4) is 11.3 Å². The van der Waals surface area contributed by atoms with Crippen molar-refractivity contribution in [2.75, 3.05) is 12.1 Å². The van der Waals surface area contributed by atoms with Crippen LogP contribution in [0, 0.1) is 6.92 Å². The monoisotopic (exact) mass is 248 g/mol. The number of hydrogen-bond donors (Lipinski definition) is 1. The molecule has 0 saturated carbocycles. The van der Waals surface area contributed by atoms with Gasteiger partial charge in [-0.25, -0.2) is 0 Å². The Morgan fingerprint density at radius 3 is 2.47 bits per heavy atom. The summed E-state index contributed by atoms with van der Waals surface area (Å²) in [5.41, 5.74) is 1.77. The van der Waals surface area contributed by atoms with Gasteiger partial charge < -0.3 is 5.84 Å². The van der Waals surface area contributed by atoms with E-state index >= 15 is 0 Å². The van der Waals surface area contributed by atoms with Crippen molar-refractivity contribution in [3.63, 3.8) is 0 Å². The van der Waals surface area contributed by atoms with E-state index in [0.717, 1.165) is 15.8 Å². The molecule has 0 spiro atoms. The first-order valence-corrected chi connectivity index (χ1v) is 6.22. The molecule has 2 aromatic rings. The summed E-state index contributed by atoms with van der Waals surface area (Å²) in [4.78, 5) is 12.0. The summed E-state index contributed by atoms with van der Waals surface area (Å²) in [6.45, 7) is 1.98. The molecule has 0 bridgehead atoms. The highest BCUT2D eigenvalue weighted by Gasteiger charge is 2.10. The Labute approximate surface area is 103 Å². The van der Waals surface area contributed by atoms with Crippen LogP contribution >= 0.6 is 11.8 Å². The summed E-state index contributed by atoms with van der Waals surface area (Å²) in [5, 5.41) is 8.23. The molecule has 0 unspecified atom stereocenters. The number of thioether (sulfide) groups is 1. The largest absolute Gasteiger partial charge is 0.334 e. The molecule has 1 aromatic carbocycles. The van der Waals surface area contributed by atoms with Gasteiger partial charge in [0.25, 0.3) is 5.56 Å². The predicted octanol–water partition coefficient (Wildman–Crippen LogP) is 1.05. The summed E-state index contributed by atoms with van der Waals surface area (Å²) in [6.07, 6.45) is 1.79. The Kier molecular flexibility index (Phi) is 3.14.